The van der Waals surface area contributed by atoms with Crippen molar-refractivity contribution in [2.24, 2.45) is 0 Å². The molecule has 0 saturated carbocycles. The van der Waals surface area contributed by atoms with Crippen molar-refractivity contribution in [1.82, 2.24) is 4.90 Å². The van der Waals surface area contributed by atoms with Crippen molar-refractivity contribution in [2.45, 2.75) is 51.8 Å². The van der Waals surface area contributed by atoms with E-state index < -0.39 is 12.1 Å². The predicted octanol–water partition coefficient (Wildman–Crippen LogP) is 2.91. The van der Waals surface area contributed by atoms with Gasteiger partial charge in [-0.15, -0.1) is 0 Å². The molecule has 4 heteroatoms. The minimum absolute atomic E-state index is 0.271. The average molecular weight is 277 g/mol. The van der Waals surface area contributed by atoms with Gasteiger partial charge in [0.15, 0.2) is 6.10 Å². The minimum atomic E-state index is -0.951. The Kier molecular flexibility index (Phi) is 4.33. The number of hydrogen-bond acceptors (Lipinski definition) is 3. The van der Waals surface area contributed by atoms with Crippen LogP contribution < -0.4 is 4.74 Å². The summed E-state index contributed by atoms with van der Waals surface area (Å²) >= 11 is 0. The van der Waals surface area contributed by atoms with Gasteiger partial charge in [0, 0.05) is 12.1 Å². The lowest BCUT2D eigenvalue weighted by atomic mass is 10.0. The Labute approximate surface area is 120 Å². The first-order valence-electron chi connectivity index (χ1n) is 7.12. The summed E-state index contributed by atoms with van der Waals surface area (Å²) in [6.45, 7) is 8.17. The van der Waals surface area contributed by atoms with Gasteiger partial charge in [0.2, 0.25) is 0 Å². The molecule has 4 nitrogen and oxygen atoms in total. The normalized spacial score (nSPS) is 19.8. The molecule has 1 aliphatic rings. The van der Waals surface area contributed by atoms with E-state index in [1.165, 1.54) is 25.3 Å². The van der Waals surface area contributed by atoms with Crippen LogP contribution in [0.4, 0.5) is 0 Å². The van der Waals surface area contributed by atoms with Crippen LogP contribution in [-0.2, 0) is 11.3 Å². The summed E-state index contributed by atoms with van der Waals surface area (Å²) < 4.78 is 5.33. The van der Waals surface area contributed by atoms with Gasteiger partial charge >= 0.3 is 5.97 Å². The van der Waals surface area contributed by atoms with Crippen molar-refractivity contribution in [2.75, 3.05) is 6.54 Å². The van der Waals surface area contributed by atoms with Gasteiger partial charge in [0.05, 0.1) is 0 Å². The zero-order chi connectivity index (χ0) is 14.8. The molecule has 0 spiro atoms. The van der Waals surface area contributed by atoms with Gasteiger partial charge in [0.1, 0.15) is 5.75 Å². The Hall–Kier alpha value is -1.55. The van der Waals surface area contributed by atoms with Crippen molar-refractivity contribution in [3.63, 3.8) is 0 Å². The van der Waals surface area contributed by atoms with Gasteiger partial charge in [-0.05, 0) is 57.9 Å². The standard InChI is InChI=1S/C16H23NO3/c1-12(15(18)19)20-14-7-5-13(6-8-14)11-17-10-4-9-16(17,2)3/h5-8,12H,4,9-11H2,1-3H3,(H,18,19). The van der Waals surface area contributed by atoms with Crippen LogP contribution in [0.1, 0.15) is 39.2 Å². The van der Waals surface area contributed by atoms with Gasteiger partial charge in [0.25, 0.3) is 0 Å². The maximum absolute atomic E-state index is 10.7. The van der Waals surface area contributed by atoms with Crippen molar-refractivity contribution >= 4 is 5.97 Å². The third kappa shape index (κ3) is 3.51. The Morgan fingerprint density at radius 2 is 2.05 bits per heavy atom. The molecule has 1 aliphatic heterocycles. The molecule has 0 aliphatic carbocycles. The lowest BCUT2D eigenvalue weighted by Crippen LogP contribution is -2.37. The Morgan fingerprint density at radius 3 is 2.55 bits per heavy atom. The van der Waals surface area contributed by atoms with Crippen molar-refractivity contribution < 1.29 is 14.6 Å². The van der Waals surface area contributed by atoms with E-state index in [0.29, 0.717) is 5.75 Å². The number of rotatable bonds is 5. The topological polar surface area (TPSA) is 49.8 Å². The Balaban J connectivity index is 1.96. The summed E-state index contributed by atoms with van der Waals surface area (Å²) in [5.41, 5.74) is 1.50. The number of ether oxygens (including phenoxy) is 1. The zero-order valence-electron chi connectivity index (χ0n) is 12.4. The average Bonchev–Trinajstić information content (AvgIpc) is 2.71. The fourth-order valence-corrected chi connectivity index (χ4v) is 2.60. The molecule has 1 fully saturated rings. The van der Waals surface area contributed by atoms with Gasteiger partial charge in [-0.25, -0.2) is 4.79 Å². The van der Waals surface area contributed by atoms with E-state index in [2.05, 4.69) is 18.7 Å². The van der Waals surface area contributed by atoms with Gasteiger partial charge in [-0.1, -0.05) is 12.1 Å². The highest BCUT2D eigenvalue weighted by Gasteiger charge is 2.31. The highest BCUT2D eigenvalue weighted by molar-refractivity contribution is 5.72. The highest BCUT2D eigenvalue weighted by Crippen LogP contribution is 2.30. The van der Waals surface area contributed by atoms with Crippen LogP contribution in [0.5, 0.6) is 5.75 Å². The van der Waals surface area contributed by atoms with E-state index in [-0.39, 0.29) is 5.54 Å². The molecule has 1 saturated heterocycles. The second kappa shape index (κ2) is 5.83. The van der Waals surface area contributed by atoms with E-state index in [1.807, 2.05) is 24.3 Å². The summed E-state index contributed by atoms with van der Waals surface area (Å²) in [5.74, 6) is -0.350. The van der Waals surface area contributed by atoms with Crippen LogP contribution in [0.3, 0.4) is 0 Å². The summed E-state index contributed by atoms with van der Waals surface area (Å²) in [5, 5.41) is 8.81. The highest BCUT2D eigenvalue weighted by atomic mass is 16.5. The molecule has 1 atom stereocenters. The summed E-state index contributed by atoms with van der Waals surface area (Å²) in [7, 11) is 0. The molecule has 1 aromatic carbocycles. The molecule has 0 radical (unpaired) electrons. The van der Waals surface area contributed by atoms with Gasteiger partial charge < -0.3 is 9.84 Å². The van der Waals surface area contributed by atoms with Crippen LogP contribution in [-0.4, -0.2) is 34.2 Å². The number of benzene rings is 1. The molecule has 0 bridgehead atoms. The first kappa shape index (κ1) is 14.9. The number of carbonyl (C=O) groups is 1. The van der Waals surface area contributed by atoms with Crippen LogP contribution in [0.15, 0.2) is 24.3 Å². The van der Waals surface area contributed by atoms with E-state index in [4.69, 9.17) is 9.84 Å². The Bertz CT molecular complexity index is 467. The molecule has 0 amide bonds. The molecule has 1 N–H and O–H groups in total. The number of nitrogens with zero attached hydrogens (tertiary/aromatic N) is 1. The van der Waals surface area contributed by atoms with Crippen molar-refractivity contribution in [3.05, 3.63) is 29.8 Å². The summed E-state index contributed by atoms with van der Waals surface area (Å²) in [6.07, 6.45) is 1.67. The van der Waals surface area contributed by atoms with E-state index in [0.717, 1.165) is 13.1 Å². The molecule has 1 heterocycles. The summed E-state index contributed by atoms with van der Waals surface area (Å²) in [4.78, 5) is 13.2. The molecule has 1 unspecified atom stereocenters. The largest absolute Gasteiger partial charge is 0.479 e. The van der Waals surface area contributed by atoms with E-state index >= 15 is 0 Å². The molecule has 1 aromatic rings. The quantitative estimate of drug-likeness (QED) is 0.899. The van der Waals surface area contributed by atoms with E-state index in [1.54, 1.807) is 0 Å². The maximum Gasteiger partial charge on any atom is 0.344 e. The van der Waals surface area contributed by atoms with E-state index in [9.17, 15) is 4.79 Å². The molecular formula is C16H23NO3. The first-order valence-corrected chi connectivity index (χ1v) is 7.12. The summed E-state index contributed by atoms with van der Waals surface area (Å²) in [6, 6.07) is 7.71. The smallest absolute Gasteiger partial charge is 0.344 e. The molecule has 20 heavy (non-hydrogen) atoms. The predicted molar refractivity (Wildman–Crippen MR) is 77.9 cm³/mol. The molecule has 110 valence electrons. The molecule has 0 aromatic heterocycles. The van der Waals surface area contributed by atoms with Crippen LogP contribution in [0, 0.1) is 0 Å². The van der Waals surface area contributed by atoms with Crippen LogP contribution in [0.2, 0.25) is 0 Å². The second-order valence-electron chi connectivity index (χ2n) is 6.08. The fraction of sp³-hybridized carbons (Fsp3) is 0.562. The zero-order valence-corrected chi connectivity index (χ0v) is 12.4. The monoisotopic (exact) mass is 277 g/mol. The third-order valence-corrected chi connectivity index (χ3v) is 4.03. The number of aliphatic carboxylic acids is 1. The van der Waals surface area contributed by atoms with Crippen molar-refractivity contribution in [3.8, 4) is 5.75 Å². The first-order chi connectivity index (χ1) is 9.38. The lowest BCUT2D eigenvalue weighted by molar-refractivity contribution is -0.144. The maximum atomic E-state index is 10.7. The molecule has 2 rings (SSSR count). The number of carboxylic acid groups (broad SMARTS) is 1. The van der Waals surface area contributed by atoms with Crippen molar-refractivity contribution in [1.29, 1.82) is 0 Å². The third-order valence-electron chi connectivity index (χ3n) is 4.03. The molecular weight excluding hydrogens is 254 g/mol. The fourth-order valence-electron chi connectivity index (χ4n) is 2.60. The van der Waals surface area contributed by atoms with Crippen LogP contribution >= 0.6 is 0 Å². The number of carboxylic acids is 1. The lowest BCUT2D eigenvalue weighted by Gasteiger charge is -2.31. The SMILES string of the molecule is CC(Oc1ccc(CN2CCCC2(C)C)cc1)C(=O)O. The van der Waals surface area contributed by atoms with Gasteiger partial charge in [-0.3, -0.25) is 4.90 Å². The number of hydrogen-bond donors (Lipinski definition) is 1. The van der Waals surface area contributed by atoms with Gasteiger partial charge in [-0.2, -0.15) is 0 Å². The second-order valence-corrected chi connectivity index (χ2v) is 6.08. The number of likely N-dealkylation sites (tertiary alicyclic amines) is 1. The minimum Gasteiger partial charge on any atom is -0.479 e. The Morgan fingerprint density at radius 1 is 1.40 bits per heavy atom. The van der Waals surface area contributed by atoms with Crippen LogP contribution in [0.25, 0.3) is 0 Å².